The Hall–Kier alpha value is -6.41. The number of methoxy groups -OCH3 is 1. The van der Waals surface area contributed by atoms with Crippen LogP contribution in [0.4, 0.5) is 14.5 Å². The number of sulfone groups is 1. The summed E-state index contributed by atoms with van der Waals surface area (Å²) in [6, 6.07) is 18.1. The minimum Gasteiger partial charge on any atom is -0.493 e. The lowest BCUT2D eigenvalue weighted by Gasteiger charge is -2.34. The summed E-state index contributed by atoms with van der Waals surface area (Å²) in [7, 11) is -1.53. The standard InChI is InChI=1S/C56H66F2N8O8S/c1-73-51-34-38(48-35-59-47-15-9-12-40(54(47)61-48)39-32-44(57)43(45(58)33-39)36-65-27-30-75(71,72)31-28-65)17-19-50(51)74-29-11-22-64-25-23-63(24-26-64)21-8-6-4-2-3-5-7-16-52(67)60-46-14-10-13-41-42(46)37-66(56(41)70)49-18-20-53(68)62-55(49)69/h9-10,12-15,17,19,32-35,49H,2-8,11,16,18,20-31,36-37H2,1H3,(H,60,67)(H,62,68,69). The van der Waals surface area contributed by atoms with Gasteiger partial charge in [0.05, 0.1) is 48.1 Å². The molecule has 4 amide bonds. The summed E-state index contributed by atoms with van der Waals surface area (Å²) in [4.78, 5) is 67.9. The number of nitrogens with zero attached hydrogens (tertiary/aromatic N) is 6. The smallest absolute Gasteiger partial charge is 0.255 e. The van der Waals surface area contributed by atoms with E-state index in [-0.39, 0.29) is 67.4 Å². The van der Waals surface area contributed by atoms with Crippen molar-refractivity contribution in [1.29, 1.82) is 0 Å². The van der Waals surface area contributed by atoms with Crippen molar-refractivity contribution < 1.29 is 45.9 Å². The molecule has 5 heterocycles. The van der Waals surface area contributed by atoms with Crippen LogP contribution < -0.4 is 20.1 Å². The van der Waals surface area contributed by atoms with Crippen LogP contribution in [0.3, 0.4) is 0 Å². The number of rotatable bonds is 22. The van der Waals surface area contributed by atoms with Gasteiger partial charge in [-0.3, -0.25) is 34.4 Å². The molecule has 0 radical (unpaired) electrons. The molecule has 0 saturated carbocycles. The Morgan fingerprint density at radius 2 is 1.45 bits per heavy atom. The Labute approximate surface area is 437 Å². The third-order valence-electron chi connectivity index (χ3n) is 14.9. The number of unbranched alkanes of at least 4 members (excludes halogenated alkanes) is 6. The minimum atomic E-state index is -3.12. The summed E-state index contributed by atoms with van der Waals surface area (Å²) in [5, 5.41) is 5.31. The SMILES string of the molecule is COc1cc(-c2cnc3cccc(-c4cc(F)c(CN5CCS(=O)(=O)CC5)c(F)c4)c3n2)ccc1OCCCN1CCN(CCCCCCCCCC(=O)Nc2cccc3c2CN(C2CCC(=O)NC2=O)C3=O)CC1. The van der Waals surface area contributed by atoms with E-state index in [2.05, 4.69) is 25.4 Å². The highest BCUT2D eigenvalue weighted by atomic mass is 32.2. The predicted octanol–water partition coefficient (Wildman–Crippen LogP) is 7.39. The molecule has 0 spiro atoms. The maximum Gasteiger partial charge on any atom is 0.255 e. The number of aromatic nitrogens is 2. The van der Waals surface area contributed by atoms with Crippen molar-refractivity contribution in [1.82, 2.24) is 34.9 Å². The van der Waals surface area contributed by atoms with Crippen LogP contribution in [0.2, 0.25) is 0 Å². The fourth-order valence-electron chi connectivity index (χ4n) is 10.5. The molecule has 3 saturated heterocycles. The van der Waals surface area contributed by atoms with E-state index in [1.165, 1.54) is 36.3 Å². The second-order valence-electron chi connectivity index (χ2n) is 20.0. The summed E-state index contributed by atoms with van der Waals surface area (Å²) < 4.78 is 66.7. The third kappa shape index (κ3) is 13.3. The molecule has 0 bridgehead atoms. The molecule has 16 nitrogen and oxygen atoms in total. The molecule has 4 aliphatic rings. The average Bonchev–Trinajstić information content (AvgIpc) is 3.76. The van der Waals surface area contributed by atoms with E-state index < -0.39 is 33.4 Å². The van der Waals surface area contributed by atoms with Crippen LogP contribution in [-0.2, 0) is 37.3 Å². The van der Waals surface area contributed by atoms with E-state index in [9.17, 15) is 27.6 Å². The lowest BCUT2D eigenvalue weighted by Crippen LogP contribution is -2.52. The first kappa shape index (κ1) is 53.4. The molecular formula is C56H66F2N8O8S. The summed E-state index contributed by atoms with van der Waals surface area (Å²) in [6.45, 7) is 7.38. The molecule has 4 aromatic carbocycles. The van der Waals surface area contributed by atoms with Crippen molar-refractivity contribution >= 4 is 50.2 Å². The van der Waals surface area contributed by atoms with Crippen molar-refractivity contribution in [3.63, 3.8) is 0 Å². The zero-order valence-corrected chi connectivity index (χ0v) is 43.4. The van der Waals surface area contributed by atoms with Gasteiger partial charge < -0.3 is 29.5 Å². The number of halogens is 2. The summed E-state index contributed by atoms with van der Waals surface area (Å²) in [5.74, 6) is -1.41. The van der Waals surface area contributed by atoms with Crippen LogP contribution in [0.25, 0.3) is 33.4 Å². The van der Waals surface area contributed by atoms with Crippen LogP contribution in [0.1, 0.15) is 92.1 Å². The first-order valence-corrected chi connectivity index (χ1v) is 28.1. The van der Waals surface area contributed by atoms with Gasteiger partial charge in [-0.2, -0.15) is 0 Å². The molecule has 4 aliphatic heterocycles. The monoisotopic (exact) mass is 1050 g/mol. The average molecular weight is 1050 g/mol. The van der Waals surface area contributed by atoms with Crippen LogP contribution in [0, 0.1) is 11.6 Å². The zero-order chi connectivity index (χ0) is 52.5. The van der Waals surface area contributed by atoms with Crippen molar-refractivity contribution in [2.45, 2.75) is 89.8 Å². The number of para-hydroxylation sites is 1. The Morgan fingerprint density at radius 3 is 2.17 bits per heavy atom. The number of ether oxygens (including phenoxy) is 2. The van der Waals surface area contributed by atoms with E-state index in [1.807, 2.05) is 18.2 Å². The second-order valence-corrected chi connectivity index (χ2v) is 22.3. The molecule has 19 heteroatoms. The Bertz CT molecular complexity index is 2990. The first-order chi connectivity index (χ1) is 36.3. The number of anilines is 1. The molecule has 1 unspecified atom stereocenters. The number of fused-ring (bicyclic) bond motifs is 2. The largest absolute Gasteiger partial charge is 0.493 e. The number of imide groups is 1. The fourth-order valence-corrected chi connectivity index (χ4v) is 11.8. The highest BCUT2D eigenvalue weighted by molar-refractivity contribution is 7.91. The molecule has 9 rings (SSSR count). The van der Waals surface area contributed by atoms with Crippen LogP contribution >= 0.6 is 0 Å². The van der Waals surface area contributed by atoms with Gasteiger partial charge in [0, 0.05) is 105 Å². The molecule has 75 heavy (non-hydrogen) atoms. The van der Waals surface area contributed by atoms with Gasteiger partial charge in [-0.05, 0) is 86.3 Å². The Kier molecular flexibility index (Phi) is 17.5. The van der Waals surface area contributed by atoms with Gasteiger partial charge in [0.15, 0.2) is 21.3 Å². The van der Waals surface area contributed by atoms with Crippen molar-refractivity contribution in [2.24, 2.45) is 0 Å². The molecule has 0 aliphatic carbocycles. The number of benzene rings is 4. The Balaban J connectivity index is 0.646. The second kappa shape index (κ2) is 24.5. The van der Waals surface area contributed by atoms with E-state index in [0.717, 1.165) is 76.9 Å². The van der Waals surface area contributed by atoms with Gasteiger partial charge in [-0.25, -0.2) is 22.2 Å². The number of carbonyl (C=O) groups is 4. The van der Waals surface area contributed by atoms with Crippen LogP contribution in [0.15, 0.2) is 72.9 Å². The predicted molar refractivity (Wildman–Crippen MR) is 282 cm³/mol. The van der Waals surface area contributed by atoms with E-state index >= 15 is 8.78 Å². The third-order valence-corrected chi connectivity index (χ3v) is 16.5. The molecule has 398 valence electrons. The summed E-state index contributed by atoms with van der Waals surface area (Å²) in [5.41, 5.74) is 4.91. The van der Waals surface area contributed by atoms with Crippen LogP contribution in [0.5, 0.6) is 11.5 Å². The first-order valence-electron chi connectivity index (χ1n) is 26.3. The molecule has 5 aromatic rings. The van der Waals surface area contributed by atoms with Gasteiger partial charge in [0.2, 0.25) is 17.7 Å². The number of piperidine rings is 1. The van der Waals surface area contributed by atoms with Gasteiger partial charge in [0.25, 0.3) is 5.91 Å². The Morgan fingerprint density at radius 1 is 0.773 bits per heavy atom. The number of piperazine rings is 1. The quantitative estimate of drug-likeness (QED) is 0.0518. The highest BCUT2D eigenvalue weighted by Crippen LogP contribution is 2.36. The molecular weight excluding hydrogens is 983 g/mol. The zero-order valence-electron chi connectivity index (χ0n) is 42.6. The van der Waals surface area contributed by atoms with Gasteiger partial charge in [-0.15, -0.1) is 0 Å². The van der Waals surface area contributed by atoms with E-state index in [4.69, 9.17) is 14.5 Å². The van der Waals surface area contributed by atoms with Crippen LogP contribution in [-0.4, -0.2) is 145 Å². The normalized spacial score (nSPS) is 18.3. The number of nitrogens with one attached hydrogen (secondary N) is 2. The number of hydrogen-bond donors (Lipinski definition) is 2. The number of amides is 4. The summed E-state index contributed by atoms with van der Waals surface area (Å²) in [6.07, 6.45) is 11.0. The maximum atomic E-state index is 15.5. The van der Waals surface area contributed by atoms with Gasteiger partial charge >= 0.3 is 0 Å². The highest BCUT2D eigenvalue weighted by Gasteiger charge is 2.40. The van der Waals surface area contributed by atoms with Gasteiger partial charge in [-0.1, -0.05) is 50.3 Å². The summed E-state index contributed by atoms with van der Waals surface area (Å²) >= 11 is 0. The van der Waals surface area contributed by atoms with Crippen molar-refractivity contribution in [3.8, 4) is 33.9 Å². The maximum absolute atomic E-state index is 15.5. The van der Waals surface area contributed by atoms with Gasteiger partial charge in [0.1, 0.15) is 17.7 Å². The number of hydrogen-bond acceptors (Lipinski definition) is 13. The van der Waals surface area contributed by atoms with Crippen molar-refractivity contribution in [2.75, 3.05) is 82.9 Å². The molecule has 2 N–H and O–H groups in total. The molecule has 3 fully saturated rings. The van der Waals surface area contributed by atoms with E-state index in [1.54, 1.807) is 54.6 Å². The molecule has 1 atom stereocenters. The number of carbonyl (C=O) groups excluding carboxylic acids is 4. The topological polar surface area (TPSA) is 184 Å². The lowest BCUT2D eigenvalue weighted by molar-refractivity contribution is -0.137. The molecule has 1 aromatic heterocycles. The fraction of sp³-hybridized carbons (Fsp3) is 0.464. The van der Waals surface area contributed by atoms with Crippen molar-refractivity contribution in [3.05, 3.63) is 101 Å². The minimum absolute atomic E-state index is 0.0146. The lowest BCUT2D eigenvalue weighted by atomic mass is 10.0. The van der Waals surface area contributed by atoms with E-state index in [0.29, 0.717) is 75.6 Å².